The zero-order valence-corrected chi connectivity index (χ0v) is 27.8. The van der Waals surface area contributed by atoms with E-state index >= 15 is 0 Å². The van der Waals surface area contributed by atoms with Gasteiger partial charge in [-0.3, -0.25) is 14.1 Å². The molecule has 0 fully saturated rings. The zero-order chi connectivity index (χ0) is 25.7. The average Bonchev–Trinajstić information content (AvgIpc) is 2.55. The first-order valence-corrected chi connectivity index (χ1v) is 16.5. The Balaban J connectivity index is 5.42. The Bertz CT molecular complexity index is 543. The van der Waals surface area contributed by atoms with E-state index in [1.807, 2.05) is 25.2 Å². The van der Waals surface area contributed by atoms with Crippen molar-refractivity contribution in [1.82, 2.24) is 9.34 Å². The molecule has 0 aliphatic rings. The molecule has 0 spiro atoms. The molecule has 192 valence electrons. The van der Waals surface area contributed by atoms with Gasteiger partial charge in [-0.25, -0.2) is 0 Å². The summed E-state index contributed by atoms with van der Waals surface area (Å²) in [6, 6.07) is 1.93. The Morgan fingerprint density at radius 2 is 1.22 bits per heavy atom. The van der Waals surface area contributed by atoms with Gasteiger partial charge < -0.3 is 4.74 Å². The molecular weight excluding hydrogens is 570 g/mol. The van der Waals surface area contributed by atoms with Crippen molar-refractivity contribution in [3.63, 3.8) is 0 Å². The molecule has 0 atom stereocenters. The third kappa shape index (κ3) is 11.9. The van der Waals surface area contributed by atoms with Gasteiger partial charge in [0.2, 0.25) is 5.12 Å². The molecule has 0 rings (SSSR count). The third-order valence-electron chi connectivity index (χ3n) is 4.70. The Morgan fingerprint density at radius 1 is 0.844 bits per heavy atom. The van der Waals surface area contributed by atoms with Crippen molar-refractivity contribution in [3.8, 4) is 0 Å². The lowest BCUT2D eigenvalue weighted by atomic mass is 10.1. The molecular formula is C24H50IN2O2PS2. The first-order valence-electron chi connectivity index (χ1n) is 11.8. The summed E-state index contributed by atoms with van der Waals surface area (Å²) in [4.78, 5) is 12.5. The van der Waals surface area contributed by atoms with E-state index in [0.29, 0.717) is 30.8 Å². The molecule has 0 saturated carbocycles. The van der Waals surface area contributed by atoms with Crippen LogP contribution < -0.4 is 0 Å². The lowest BCUT2D eigenvalue weighted by molar-refractivity contribution is -0.112. The van der Waals surface area contributed by atoms with Gasteiger partial charge in [0.1, 0.15) is 7.42 Å². The molecule has 0 amide bonds. The summed E-state index contributed by atoms with van der Waals surface area (Å²) in [6.45, 7) is 31.5. The largest absolute Gasteiger partial charge is 0.373 e. The van der Waals surface area contributed by atoms with Gasteiger partial charge in [-0.2, -0.15) is 0 Å². The highest BCUT2D eigenvalue weighted by Gasteiger charge is 2.37. The van der Waals surface area contributed by atoms with Crippen molar-refractivity contribution >= 4 is 58.3 Å². The van der Waals surface area contributed by atoms with Crippen LogP contribution in [0.5, 0.6) is 0 Å². The van der Waals surface area contributed by atoms with Crippen LogP contribution in [-0.2, 0) is 9.53 Å². The van der Waals surface area contributed by atoms with Crippen LogP contribution in [0, 0.1) is 0 Å². The van der Waals surface area contributed by atoms with Gasteiger partial charge in [0.15, 0.2) is 0 Å². The third-order valence-corrected chi connectivity index (χ3v) is 12.8. The normalized spacial score (nSPS) is 14.3. The van der Waals surface area contributed by atoms with Gasteiger partial charge in [0, 0.05) is 34.7 Å². The standard InChI is InChI=1S/C24H50IN2O2PS2/c1-17(2)26(18(3)4)30(27(19(5)6)20(7)8)31-16-22(9,10)29-15-23(11,12)32-21(28)24(13,14)25/h17-20H,15-16H2,1-14H3. The molecule has 8 heteroatoms. The molecule has 0 aromatic heterocycles. The highest BCUT2D eigenvalue weighted by Crippen LogP contribution is 2.60. The second-order valence-corrected chi connectivity index (χ2v) is 19.4. The van der Waals surface area contributed by atoms with Crippen molar-refractivity contribution in [3.05, 3.63) is 0 Å². The molecule has 0 saturated heterocycles. The molecule has 0 aromatic carbocycles. The van der Waals surface area contributed by atoms with Crippen LogP contribution in [0.1, 0.15) is 96.9 Å². The number of thioether (sulfide) groups is 1. The second-order valence-electron chi connectivity index (χ2n) is 11.3. The molecule has 0 aromatic rings. The number of carbonyl (C=O) groups excluding carboxylic acids is 1. The monoisotopic (exact) mass is 620 g/mol. The number of carbonyl (C=O) groups is 1. The summed E-state index contributed by atoms with van der Waals surface area (Å²) in [6.07, 6.45) is 0. The van der Waals surface area contributed by atoms with E-state index in [1.165, 1.54) is 11.8 Å². The maximum absolute atomic E-state index is 12.5. The van der Waals surface area contributed by atoms with Gasteiger partial charge in [0.25, 0.3) is 0 Å². The van der Waals surface area contributed by atoms with Crippen LogP contribution in [0.3, 0.4) is 0 Å². The van der Waals surface area contributed by atoms with Gasteiger partial charge in [-0.15, -0.1) is 0 Å². The molecule has 0 unspecified atom stereocenters. The summed E-state index contributed by atoms with van der Waals surface area (Å²) in [5.41, 5.74) is -0.273. The summed E-state index contributed by atoms with van der Waals surface area (Å²) >= 11 is 5.67. The van der Waals surface area contributed by atoms with E-state index in [9.17, 15) is 4.79 Å². The van der Waals surface area contributed by atoms with Crippen molar-refractivity contribution < 1.29 is 9.53 Å². The van der Waals surface area contributed by atoms with E-state index in [1.54, 1.807) is 0 Å². The van der Waals surface area contributed by atoms with E-state index in [2.05, 4.69) is 115 Å². The molecule has 0 radical (unpaired) electrons. The SMILES string of the molecule is CC(C)N(C(C)C)P(SCC(C)(C)OCC(C)(C)SC(=O)C(C)(C)I)N(C(C)C)C(C)C. The highest BCUT2D eigenvalue weighted by atomic mass is 127. The number of nitrogens with zero attached hydrogens (tertiary/aromatic N) is 2. The quantitative estimate of drug-likeness (QED) is 0.111. The van der Waals surface area contributed by atoms with Gasteiger partial charge in [-0.1, -0.05) is 45.7 Å². The zero-order valence-electron chi connectivity index (χ0n) is 23.1. The fourth-order valence-electron chi connectivity index (χ4n) is 3.26. The Kier molecular flexibility index (Phi) is 14.2. The topological polar surface area (TPSA) is 32.8 Å². The Hall–Kier alpha value is 1.41. The fourth-order valence-corrected chi connectivity index (χ4v) is 11.4. The predicted molar refractivity (Wildman–Crippen MR) is 158 cm³/mol. The second kappa shape index (κ2) is 13.6. The Morgan fingerprint density at radius 3 is 1.53 bits per heavy atom. The van der Waals surface area contributed by atoms with E-state index in [4.69, 9.17) is 4.74 Å². The number of halogens is 1. The van der Waals surface area contributed by atoms with E-state index in [0.717, 1.165) is 5.75 Å². The van der Waals surface area contributed by atoms with Gasteiger partial charge in [-0.05, 0) is 96.9 Å². The van der Waals surface area contributed by atoms with Crippen LogP contribution in [0.4, 0.5) is 0 Å². The van der Waals surface area contributed by atoms with Crippen molar-refractivity contribution in [2.24, 2.45) is 0 Å². The minimum Gasteiger partial charge on any atom is -0.373 e. The molecule has 0 N–H and O–H groups in total. The van der Waals surface area contributed by atoms with Crippen molar-refractivity contribution in [1.29, 1.82) is 0 Å². The van der Waals surface area contributed by atoms with Gasteiger partial charge >= 0.3 is 0 Å². The first-order chi connectivity index (χ1) is 14.2. The number of hydrogen-bond acceptors (Lipinski definition) is 6. The minimum atomic E-state index is -0.535. The van der Waals surface area contributed by atoms with Crippen LogP contribution in [0.25, 0.3) is 0 Å². The summed E-state index contributed by atoms with van der Waals surface area (Å²) in [7, 11) is -0.535. The molecule has 32 heavy (non-hydrogen) atoms. The lowest BCUT2D eigenvalue weighted by Gasteiger charge is -2.47. The number of rotatable bonds is 14. The maximum atomic E-state index is 12.5. The van der Waals surface area contributed by atoms with E-state index < -0.39 is 7.42 Å². The number of alkyl halides is 1. The van der Waals surface area contributed by atoms with E-state index in [-0.39, 0.29) is 18.9 Å². The smallest absolute Gasteiger partial charge is 0.204 e. The molecule has 0 aliphatic carbocycles. The number of ether oxygens (including phenoxy) is 1. The molecule has 0 heterocycles. The number of hydrogen-bond donors (Lipinski definition) is 0. The summed E-state index contributed by atoms with van der Waals surface area (Å²) in [5.74, 6) is 0.914. The predicted octanol–water partition coefficient (Wildman–Crippen LogP) is 8.23. The first kappa shape index (κ1) is 33.4. The lowest BCUT2D eigenvalue weighted by Crippen LogP contribution is -2.42. The molecule has 0 aliphatic heterocycles. The highest BCUT2D eigenvalue weighted by molar-refractivity contribution is 14.1. The van der Waals surface area contributed by atoms with Gasteiger partial charge in [0.05, 0.1) is 15.6 Å². The van der Waals surface area contributed by atoms with Crippen LogP contribution in [0.15, 0.2) is 0 Å². The van der Waals surface area contributed by atoms with Crippen LogP contribution in [0.2, 0.25) is 0 Å². The molecule has 4 nitrogen and oxygen atoms in total. The summed E-state index contributed by atoms with van der Waals surface area (Å²) < 4.78 is 11.2. The summed E-state index contributed by atoms with van der Waals surface area (Å²) in [5, 5.41) is 0.205. The molecule has 0 bridgehead atoms. The average molecular weight is 621 g/mol. The minimum absolute atomic E-state index is 0.205. The van der Waals surface area contributed by atoms with Crippen molar-refractivity contribution in [2.75, 3.05) is 12.4 Å². The van der Waals surface area contributed by atoms with Crippen LogP contribution >= 0.6 is 53.2 Å². The Labute approximate surface area is 223 Å². The van der Waals surface area contributed by atoms with Crippen LogP contribution in [-0.4, -0.2) is 64.8 Å². The fraction of sp³-hybridized carbons (Fsp3) is 0.958. The maximum Gasteiger partial charge on any atom is 0.204 e. The van der Waals surface area contributed by atoms with Crippen molar-refractivity contribution in [2.45, 2.75) is 135 Å².